The zero-order chi connectivity index (χ0) is 13.9. The van der Waals surface area contributed by atoms with Crippen LogP contribution in [0.5, 0.6) is 0 Å². The van der Waals surface area contributed by atoms with E-state index in [-0.39, 0.29) is 15.8 Å². The molecule has 0 radical (unpaired) electrons. The van der Waals surface area contributed by atoms with E-state index < -0.39 is 26.7 Å². The minimum Gasteiger partial charge on any atom is -0.480 e. The van der Waals surface area contributed by atoms with Gasteiger partial charge in [0.25, 0.3) is 5.69 Å². The lowest BCUT2D eigenvalue weighted by molar-refractivity contribution is -0.384. The van der Waals surface area contributed by atoms with Crippen LogP contribution in [0, 0.1) is 10.1 Å². The van der Waals surface area contributed by atoms with Crippen molar-refractivity contribution < 1.29 is 23.2 Å². The summed E-state index contributed by atoms with van der Waals surface area (Å²) in [4.78, 5) is 20.1. The lowest BCUT2D eigenvalue weighted by atomic mass is 10.3. The molecule has 0 spiro atoms. The molecule has 0 aliphatic carbocycles. The number of benzene rings is 1. The van der Waals surface area contributed by atoms with Crippen molar-refractivity contribution in [3.63, 3.8) is 0 Å². The minimum atomic E-state index is -4.04. The van der Waals surface area contributed by atoms with Gasteiger partial charge in [-0.3, -0.25) is 19.6 Å². The highest BCUT2D eigenvalue weighted by molar-refractivity contribution is 9.10. The third-order valence-electron chi connectivity index (χ3n) is 1.74. The number of non-ortho nitro benzene ring substituents is 1. The summed E-state index contributed by atoms with van der Waals surface area (Å²) in [6, 6.07) is 3.38. The van der Waals surface area contributed by atoms with Crippen LogP contribution in [0.25, 0.3) is 0 Å². The highest BCUT2D eigenvalue weighted by Crippen LogP contribution is 2.27. The average molecular weight is 339 g/mol. The lowest BCUT2D eigenvalue weighted by Crippen LogP contribution is -2.22. The predicted octanol–water partition coefficient (Wildman–Crippen LogP) is 1.18. The van der Waals surface area contributed by atoms with E-state index in [1.807, 2.05) is 4.72 Å². The zero-order valence-corrected chi connectivity index (χ0v) is 11.1. The van der Waals surface area contributed by atoms with Crippen LogP contribution in [-0.4, -0.2) is 30.2 Å². The maximum Gasteiger partial charge on any atom is 0.320 e. The Morgan fingerprint density at radius 3 is 2.56 bits per heavy atom. The van der Waals surface area contributed by atoms with E-state index in [1.54, 1.807) is 0 Å². The number of carbonyl (C=O) groups is 1. The molecule has 2 N–H and O–H groups in total. The normalized spacial score (nSPS) is 10.9. The second-order valence-corrected chi connectivity index (χ2v) is 5.75. The van der Waals surface area contributed by atoms with Gasteiger partial charge in [0.2, 0.25) is 10.0 Å². The third-order valence-corrected chi connectivity index (χ3v) is 3.56. The standard InChI is InChI=1S/C8H7BrN2O6S/c9-6-3-5(11(14)15)1-2-7(6)10-18(16,17)4-8(12)13/h1-3,10H,4H2,(H,12,13). The fourth-order valence-electron chi connectivity index (χ4n) is 1.07. The molecule has 0 aliphatic heterocycles. The molecular formula is C8H7BrN2O6S. The smallest absolute Gasteiger partial charge is 0.320 e. The number of sulfonamides is 1. The predicted molar refractivity (Wildman–Crippen MR) is 65.8 cm³/mol. The number of carboxylic acid groups (broad SMARTS) is 1. The minimum absolute atomic E-state index is 0.0295. The van der Waals surface area contributed by atoms with Gasteiger partial charge in [-0.2, -0.15) is 0 Å². The van der Waals surface area contributed by atoms with E-state index in [2.05, 4.69) is 15.9 Å². The number of carboxylic acids is 1. The summed E-state index contributed by atoms with van der Waals surface area (Å²) in [5.41, 5.74) is -0.190. The molecule has 8 nitrogen and oxygen atoms in total. The Morgan fingerprint density at radius 1 is 1.50 bits per heavy atom. The molecule has 1 rings (SSSR count). The summed E-state index contributed by atoms with van der Waals surface area (Å²) in [5.74, 6) is -2.59. The summed E-state index contributed by atoms with van der Waals surface area (Å²) < 4.78 is 24.8. The number of anilines is 1. The molecule has 0 unspecified atom stereocenters. The highest BCUT2D eigenvalue weighted by atomic mass is 79.9. The van der Waals surface area contributed by atoms with E-state index in [9.17, 15) is 23.3 Å². The number of aliphatic carboxylic acids is 1. The van der Waals surface area contributed by atoms with Crippen molar-refractivity contribution in [2.24, 2.45) is 0 Å². The molecule has 0 aliphatic rings. The molecule has 0 fully saturated rings. The van der Waals surface area contributed by atoms with Crippen LogP contribution in [-0.2, 0) is 14.8 Å². The topological polar surface area (TPSA) is 127 Å². The summed E-state index contributed by atoms with van der Waals surface area (Å²) >= 11 is 2.96. The van der Waals surface area contributed by atoms with Crippen molar-refractivity contribution in [3.05, 3.63) is 32.8 Å². The van der Waals surface area contributed by atoms with Gasteiger partial charge in [0.05, 0.1) is 10.6 Å². The van der Waals surface area contributed by atoms with Gasteiger partial charge in [0.15, 0.2) is 5.75 Å². The van der Waals surface area contributed by atoms with E-state index >= 15 is 0 Å². The fourth-order valence-corrected chi connectivity index (χ4v) is 2.57. The van der Waals surface area contributed by atoms with Gasteiger partial charge in [-0.05, 0) is 22.0 Å². The van der Waals surface area contributed by atoms with Gasteiger partial charge >= 0.3 is 5.97 Å². The molecule has 1 aromatic carbocycles. The average Bonchev–Trinajstić information content (AvgIpc) is 2.18. The maximum absolute atomic E-state index is 11.3. The Morgan fingerprint density at radius 2 is 2.11 bits per heavy atom. The number of nitro groups is 1. The number of nitro benzene ring substituents is 1. The summed E-state index contributed by atoms with van der Waals surface area (Å²) in [5, 5.41) is 18.9. The number of hydrogen-bond donors (Lipinski definition) is 2. The fraction of sp³-hybridized carbons (Fsp3) is 0.125. The lowest BCUT2D eigenvalue weighted by Gasteiger charge is -2.07. The maximum atomic E-state index is 11.3. The molecule has 0 atom stereocenters. The molecule has 0 heterocycles. The van der Waals surface area contributed by atoms with Crippen LogP contribution in [0.1, 0.15) is 0 Å². The molecular weight excluding hydrogens is 332 g/mol. The van der Waals surface area contributed by atoms with Crippen molar-refractivity contribution in [3.8, 4) is 0 Å². The van der Waals surface area contributed by atoms with Crippen molar-refractivity contribution in [1.82, 2.24) is 0 Å². The van der Waals surface area contributed by atoms with Crippen LogP contribution in [0.4, 0.5) is 11.4 Å². The van der Waals surface area contributed by atoms with Crippen LogP contribution in [0.2, 0.25) is 0 Å². The Balaban J connectivity index is 2.99. The van der Waals surface area contributed by atoms with Gasteiger partial charge in [-0.25, -0.2) is 8.42 Å². The zero-order valence-electron chi connectivity index (χ0n) is 8.66. The molecule has 0 saturated carbocycles. The second kappa shape index (κ2) is 5.31. The molecule has 0 bridgehead atoms. The van der Waals surface area contributed by atoms with E-state index in [1.165, 1.54) is 6.07 Å². The van der Waals surface area contributed by atoms with Crippen LogP contribution < -0.4 is 4.72 Å². The van der Waals surface area contributed by atoms with Gasteiger partial charge < -0.3 is 5.11 Å². The first-order valence-corrected chi connectivity index (χ1v) is 6.82. The Hall–Kier alpha value is -1.68. The van der Waals surface area contributed by atoms with Crippen LogP contribution in [0.3, 0.4) is 0 Å². The van der Waals surface area contributed by atoms with Crippen LogP contribution in [0.15, 0.2) is 22.7 Å². The Labute approximate surface area is 110 Å². The van der Waals surface area contributed by atoms with Gasteiger partial charge in [-0.1, -0.05) is 0 Å². The molecule has 98 valence electrons. The first-order valence-electron chi connectivity index (χ1n) is 4.37. The SMILES string of the molecule is O=C(O)CS(=O)(=O)Nc1ccc([N+](=O)[O-])cc1Br. The quantitative estimate of drug-likeness (QED) is 0.613. The number of rotatable bonds is 5. The largest absolute Gasteiger partial charge is 0.480 e. The Bertz CT molecular complexity index is 600. The first kappa shape index (κ1) is 14.4. The molecule has 18 heavy (non-hydrogen) atoms. The van der Waals surface area contributed by atoms with E-state index in [4.69, 9.17) is 5.11 Å². The summed E-state index contributed by atoms with van der Waals surface area (Å²) in [6.07, 6.45) is 0. The molecule has 0 aromatic heterocycles. The second-order valence-electron chi connectivity index (χ2n) is 3.18. The van der Waals surface area contributed by atoms with Gasteiger partial charge in [-0.15, -0.1) is 0 Å². The monoisotopic (exact) mass is 338 g/mol. The first-order chi connectivity index (χ1) is 8.21. The number of nitrogens with one attached hydrogen (secondary N) is 1. The molecule has 0 saturated heterocycles. The number of hydrogen-bond acceptors (Lipinski definition) is 5. The number of halogens is 1. The van der Waals surface area contributed by atoms with Gasteiger partial charge in [0, 0.05) is 16.6 Å². The van der Waals surface area contributed by atoms with Crippen molar-refractivity contribution in [2.45, 2.75) is 0 Å². The number of nitrogens with zero attached hydrogens (tertiary/aromatic N) is 1. The molecule has 0 amide bonds. The summed E-state index contributed by atoms with van der Waals surface area (Å²) in [7, 11) is -4.04. The highest BCUT2D eigenvalue weighted by Gasteiger charge is 2.18. The molecule has 1 aromatic rings. The van der Waals surface area contributed by atoms with Crippen molar-refractivity contribution >= 4 is 43.3 Å². The Kier molecular flexibility index (Phi) is 4.24. The summed E-state index contributed by atoms with van der Waals surface area (Å²) in [6.45, 7) is 0. The van der Waals surface area contributed by atoms with Crippen LogP contribution >= 0.6 is 15.9 Å². The van der Waals surface area contributed by atoms with E-state index in [0.29, 0.717) is 0 Å². The van der Waals surface area contributed by atoms with Gasteiger partial charge in [0.1, 0.15) is 0 Å². The third kappa shape index (κ3) is 3.96. The van der Waals surface area contributed by atoms with E-state index in [0.717, 1.165) is 12.1 Å². The molecule has 10 heteroatoms. The van der Waals surface area contributed by atoms with Crippen molar-refractivity contribution in [1.29, 1.82) is 0 Å². The van der Waals surface area contributed by atoms with Crippen molar-refractivity contribution in [2.75, 3.05) is 10.5 Å².